The van der Waals surface area contributed by atoms with Gasteiger partial charge in [-0.2, -0.15) is 0 Å². The summed E-state index contributed by atoms with van der Waals surface area (Å²) in [6.07, 6.45) is 10.4. The van der Waals surface area contributed by atoms with Gasteiger partial charge in [0, 0.05) is 0 Å². The average Bonchev–Trinajstić information content (AvgIpc) is 2.46. The molecule has 20 heavy (non-hydrogen) atoms. The quantitative estimate of drug-likeness (QED) is 0.597. The molecule has 0 saturated carbocycles. The molecule has 1 heteroatoms. The summed E-state index contributed by atoms with van der Waals surface area (Å²) in [6, 6.07) is 12.1. The minimum Gasteiger partial charge on any atom is -0.508 e. The molecule has 0 spiro atoms. The Morgan fingerprint density at radius 1 is 0.850 bits per heavy atom. The number of aromatic hydroxyl groups is 1. The summed E-state index contributed by atoms with van der Waals surface area (Å²) in [4.78, 5) is 0. The van der Waals surface area contributed by atoms with Gasteiger partial charge in [0.05, 0.1) is 0 Å². The smallest absolute Gasteiger partial charge is 0.116 e. The summed E-state index contributed by atoms with van der Waals surface area (Å²) in [6.45, 7) is 2.26. The van der Waals surface area contributed by atoms with Crippen LogP contribution < -0.4 is 0 Å². The number of hydrogen-bond donors (Lipinski definition) is 1. The van der Waals surface area contributed by atoms with Gasteiger partial charge < -0.3 is 5.11 Å². The van der Waals surface area contributed by atoms with Crippen LogP contribution in [-0.4, -0.2) is 5.11 Å². The van der Waals surface area contributed by atoms with Crippen LogP contribution in [0.25, 0.3) is 10.8 Å². The van der Waals surface area contributed by atoms with Crippen LogP contribution in [0, 0.1) is 0 Å². The van der Waals surface area contributed by atoms with E-state index in [1.165, 1.54) is 55.9 Å². The first-order chi connectivity index (χ1) is 9.81. The first-order valence-corrected chi connectivity index (χ1v) is 8.02. The van der Waals surface area contributed by atoms with Crippen LogP contribution in [0.2, 0.25) is 0 Å². The van der Waals surface area contributed by atoms with Crippen LogP contribution in [0.3, 0.4) is 0 Å². The van der Waals surface area contributed by atoms with Crippen molar-refractivity contribution in [3.05, 3.63) is 42.0 Å². The van der Waals surface area contributed by atoms with Gasteiger partial charge in [-0.15, -0.1) is 0 Å². The summed E-state index contributed by atoms with van der Waals surface area (Å²) in [5.41, 5.74) is 1.29. The van der Waals surface area contributed by atoms with E-state index < -0.39 is 0 Å². The third-order valence-electron chi connectivity index (χ3n) is 3.98. The third kappa shape index (κ3) is 4.26. The second-order valence-corrected chi connectivity index (χ2v) is 5.70. The Morgan fingerprint density at radius 2 is 1.55 bits per heavy atom. The standard InChI is InChI=1S/C19H26O/c1-2-3-4-5-6-7-8-11-16-14-18(20)15-17-12-9-10-13-19(16)17/h9-10,12-15,20H,2-8,11H2,1H3. The molecule has 1 nitrogen and oxygen atoms in total. The molecule has 0 aliphatic rings. The van der Waals surface area contributed by atoms with E-state index in [4.69, 9.17) is 0 Å². The van der Waals surface area contributed by atoms with Crippen molar-refractivity contribution < 1.29 is 5.11 Å². The molecule has 0 aliphatic carbocycles. The van der Waals surface area contributed by atoms with Crippen LogP contribution in [0.1, 0.15) is 57.4 Å². The summed E-state index contributed by atoms with van der Waals surface area (Å²) in [5.74, 6) is 0.390. The van der Waals surface area contributed by atoms with Crippen LogP contribution in [-0.2, 0) is 6.42 Å². The van der Waals surface area contributed by atoms with E-state index in [0.29, 0.717) is 5.75 Å². The molecule has 1 N–H and O–H groups in total. The minimum absolute atomic E-state index is 0.390. The molecule has 0 saturated heterocycles. The largest absolute Gasteiger partial charge is 0.508 e. The van der Waals surface area contributed by atoms with E-state index in [2.05, 4.69) is 25.1 Å². The number of aryl methyl sites for hydroxylation is 1. The number of unbranched alkanes of at least 4 members (excludes halogenated alkanes) is 6. The molecule has 0 fully saturated rings. The molecule has 0 atom stereocenters. The number of benzene rings is 2. The van der Waals surface area contributed by atoms with Crippen molar-refractivity contribution in [1.29, 1.82) is 0 Å². The fourth-order valence-corrected chi connectivity index (χ4v) is 2.85. The lowest BCUT2D eigenvalue weighted by molar-refractivity contribution is 0.475. The Morgan fingerprint density at radius 3 is 2.35 bits per heavy atom. The molecule has 0 unspecified atom stereocenters. The van der Waals surface area contributed by atoms with Crippen molar-refractivity contribution in [3.8, 4) is 5.75 Å². The average molecular weight is 270 g/mol. The molecule has 2 rings (SSSR count). The maximum absolute atomic E-state index is 9.81. The molecule has 2 aromatic carbocycles. The van der Waals surface area contributed by atoms with E-state index in [0.717, 1.165) is 11.8 Å². The summed E-state index contributed by atoms with van der Waals surface area (Å²) in [7, 11) is 0. The molecule has 0 radical (unpaired) electrons. The monoisotopic (exact) mass is 270 g/mol. The van der Waals surface area contributed by atoms with Crippen LogP contribution in [0.15, 0.2) is 36.4 Å². The molecular formula is C19H26O. The van der Waals surface area contributed by atoms with E-state index in [1.54, 1.807) is 0 Å². The molecule has 108 valence electrons. The van der Waals surface area contributed by atoms with Crippen molar-refractivity contribution in [2.45, 2.75) is 58.3 Å². The first-order valence-electron chi connectivity index (χ1n) is 8.02. The highest BCUT2D eigenvalue weighted by molar-refractivity contribution is 5.87. The Hall–Kier alpha value is -1.50. The predicted octanol–water partition coefficient (Wildman–Crippen LogP) is 5.84. The SMILES string of the molecule is CCCCCCCCCc1cc(O)cc2ccccc12. The van der Waals surface area contributed by atoms with Crippen LogP contribution in [0.4, 0.5) is 0 Å². The fourth-order valence-electron chi connectivity index (χ4n) is 2.85. The highest BCUT2D eigenvalue weighted by atomic mass is 16.3. The maximum atomic E-state index is 9.81. The lowest BCUT2D eigenvalue weighted by atomic mass is 9.98. The summed E-state index contributed by atoms with van der Waals surface area (Å²) < 4.78 is 0. The second kappa shape index (κ2) is 7.94. The van der Waals surface area contributed by atoms with E-state index in [9.17, 15) is 5.11 Å². The number of rotatable bonds is 8. The number of hydrogen-bond acceptors (Lipinski definition) is 1. The predicted molar refractivity (Wildman–Crippen MR) is 87.3 cm³/mol. The first kappa shape index (κ1) is 14.9. The minimum atomic E-state index is 0.390. The molecular weight excluding hydrogens is 244 g/mol. The van der Waals surface area contributed by atoms with Crippen LogP contribution in [0.5, 0.6) is 5.75 Å². The zero-order chi connectivity index (χ0) is 14.2. The van der Waals surface area contributed by atoms with Crippen molar-refractivity contribution in [2.75, 3.05) is 0 Å². The van der Waals surface area contributed by atoms with Gasteiger partial charge in [-0.25, -0.2) is 0 Å². The molecule has 0 bridgehead atoms. The van der Waals surface area contributed by atoms with Gasteiger partial charge >= 0.3 is 0 Å². The molecule has 2 aromatic rings. The van der Waals surface area contributed by atoms with Gasteiger partial charge in [0.15, 0.2) is 0 Å². The van der Waals surface area contributed by atoms with Crippen molar-refractivity contribution >= 4 is 10.8 Å². The summed E-state index contributed by atoms with van der Waals surface area (Å²) in [5, 5.41) is 12.2. The Labute approximate surface area is 122 Å². The van der Waals surface area contributed by atoms with Crippen molar-refractivity contribution in [1.82, 2.24) is 0 Å². The Bertz CT molecular complexity index is 530. The van der Waals surface area contributed by atoms with Crippen LogP contribution >= 0.6 is 0 Å². The van der Waals surface area contributed by atoms with Gasteiger partial charge in [0.2, 0.25) is 0 Å². The Kier molecular flexibility index (Phi) is 5.91. The Balaban J connectivity index is 1.86. The number of phenolic OH excluding ortho intramolecular Hbond substituents is 1. The van der Waals surface area contributed by atoms with E-state index in [1.807, 2.05) is 18.2 Å². The van der Waals surface area contributed by atoms with Gasteiger partial charge in [0.1, 0.15) is 5.75 Å². The second-order valence-electron chi connectivity index (χ2n) is 5.70. The fraction of sp³-hybridized carbons (Fsp3) is 0.474. The third-order valence-corrected chi connectivity index (χ3v) is 3.98. The lowest BCUT2D eigenvalue weighted by Crippen LogP contribution is -1.89. The van der Waals surface area contributed by atoms with E-state index in [-0.39, 0.29) is 0 Å². The lowest BCUT2D eigenvalue weighted by Gasteiger charge is -2.08. The van der Waals surface area contributed by atoms with E-state index >= 15 is 0 Å². The molecule has 0 aromatic heterocycles. The summed E-state index contributed by atoms with van der Waals surface area (Å²) >= 11 is 0. The zero-order valence-electron chi connectivity index (χ0n) is 12.6. The van der Waals surface area contributed by atoms with Gasteiger partial charge in [-0.05, 0) is 41.3 Å². The van der Waals surface area contributed by atoms with Gasteiger partial charge in [-0.1, -0.05) is 69.7 Å². The van der Waals surface area contributed by atoms with Gasteiger partial charge in [-0.3, -0.25) is 0 Å². The topological polar surface area (TPSA) is 20.2 Å². The zero-order valence-corrected chi connectivity index (χ0v) is 12.6. The molecule has 0 aliphatic heterocycles. The highest BCUT2D eigenvalue weighted by Crippen LogP contribution is 2.26. The number of phenols is 1. The van der Waals surface area contributed by atoms with Gasteiger partial charge in [0.25, 0.3) is 0 Å². The maximum Gasteiger partial charge on any atom is 0.116 e. The molecule has 0 heterocycles. The van der Waals surface area contributed by atoms with Crippen molar-refractivity contribution in [2.24, 2.45) is 0 Å². The highest BCUT2D eigenvalue weighted by Gasteiger charge is 2.03. The normalized spacial score (nSPS) is 11.1. The van der Waals surface area contributed by atoms with Crippen molar-refractivity contribution in [3.63, 3.8) is 0 Å². The molecule has 0 amide bonds. The number of fused-ring (bicyclic) bond motifs is 1.